The molecule has 90 valence electrons. The van der Waals surface area contributed by atoms with E-state index < -0.39 is 12.1 Å². The molecule has 0 amide bonds. The molecule has 1 unspecified atom stereocenters. The Kier molecular flexibility index (Phi) is 8.21. The fourth-order valence-electron chi connectivity index (χ4n) is 1.01. The standard InChI is InChI=1S/C6H14N2O.C3H6O3/c7-1-2-8-3-5-9-6-4-8;1-2(4)3(5)6/h1-7H2;2,4H,1H3,(H,5,6). The molecule has 0 aromatic rings. The van der Waals surface area contributed by atoms with Crippen LogP contribution in [0.3, 0.4) is 0 Å². The van der Waals surface area contributed by atoms with Gasteiger partial charge >= 0.3 is 5.97 Å². The van der Waals surface area contributed by atoms with E-state index in [9.17, 15) is 4.79 Å². The van der Waals surface area contributed by atoms with Gasteiger partial charge in [0.05, 0.1) is 13.2 Å². The first kappa shape index (κ1) is 14.3. The lowest BCUT2D eigenvalue weighted by atomic mass is 10.4. The van der Waals surface area contributed by atoms with Crippen molar-refractivity contribution < 1.29 is 19.7 Å². The molecule has 1 atom stereocenters. The second-order valence-corrected chi connectivity index (χ2v) is 3.26. The van der Waals surface area contributed by atoms with E-state index in [4.69, 9.17) is 20.7 Å². The van der Waals surface area contributed by atoms with E-state index in [0.29, 0.717) is 0 Å². The summed E-state index contributed by atoms with van der Waals surface area (Å²) in [5, 5.41) is 15.8. The van der Waals surface area contributed by atoms with Gasteiger partial charge in [-0.25, -0.2) is 4.79 Å². The molecule has 1 aliphatic heterocycles. The van der Waals surface area contributed by atoms with Crippen LogP contribution in [0.1, 0.15) is 6.92 Å². The molecule has 0 radical (unpaired) electrons. The van der Waals surface area contributed by atoms with Crippen molar-refractivity contribution in [3.8, 4) is 0 Å². The highest BCUT2D eigenvalue weighted by Crippen LogP contribution is 1.93. The number of carboxylic acids is 1. The molecule has 1 saturated heterocycles. The first-order valence-corrected chi connectivity index (χ1v) is 4.99. The molecule has 0 saturated carbocycles. The monoisotopic (exact) mass is 220 g/mol. The summed E-state index contributed by atoms with van der Waals surface area (Å²) in [5.41, 5.74) is 5.38. The van der Waals surface area contributed by atoms with Crippen molar-refractivity contribution in [2.75, 3.05) is 39.4 Å². The van der Waals surface area contributed by atoms with E-state index in [1.54, 1.807) is 0 Å². The number of nitrogens with two attached hydrogens (primary N) is 1. The van der Waals surface area contributed by atoms with Crippen molar-refractivity contribution in [3.63, 3.8) is 0 Å². The average molecular weight is 220 g/mol. The highest BCUT2D eigenvalue weighted by molar-refractivity contribution is 5.71. The Balaban J connectivity index is 0.000000288. The first-order valence-electron chi connectivity index (χ1n) is 4.99. The number of rotatable bonds is 3. The topological polar surface area (TPSA) is 96.0 Å². The summed E-state index contributed by atoms with van der Waals surface area (Å²) in [6.45, 7) is 6.83. The summed E-state index contributed by atoms with van der Waals surface area (Å²) < 4.78 is 5.16. The zero-order chi connectivity index (χ0) is 11.7. The highest BCUT2D eigenvalue weighted by atomic mass is 16.5. The molecule has 4 N–H and O–H groups in total. The van der Waals surface area contributed by atoms with E-state index in [0.717, 1.165) is 39.4 Å². The molecule has 6 nitrogen and oxygen atoms in total. The third-order valence-electron chi connectivity index (χ3n) is 1.91. The van der Waals surface area contributed by atoms with E-state index in [1.165, 1.54) is 6.92 Å². The molecule has 0 bridgehead atoms. The summed E-state index contributed by atoms with van der Waals surface area (Å²) in [5.74, 6) is -1.19. The Hall–Kier alpha value is -0.690. The Labute approximate surface area is 89.6 Å². The summed E-state index contributed by atoms with van der Waals surface area (Å²) in [6, 6.07) is 0. The van der Waals surface area contributed by atoms with Crippen LogP contribution in [0.25, 0.3) is 0 Å². The summed E-state index contributed by atoms with van der Waals surface area (Å²) in [6.07, 6.45) is -1.23. The van der Waals surface area contributed by atoms with Crippen LogP contribution in [0.15, 0.2) is 0 Å². The molecule has 1 rings (SSSR count). The molecule has 1 fully saturated rings. The van der Waals surface area contributed by atoms with Crippen molar-refractivity contribution in [3.05, 3.63) is 0 Å². The predicted molar refractivity (Wildman–Crippen MR) is 55.6 cm³/mol. The number of hydrogen-bond donors (Lipinski definition) is 3. The molecule has 0 aromatic carbocycles. The van der Waals surface area contributed by atoms with Crippen molar-refractivity contribution in [1.82, 2.24) is 4.90 Å². The lowest BCUT2D eigenvalue weighted by Gasteiger charge is -2.25. The van der Waals surface area contributed by atoms with Gasteiger partial charge in [-0.15, -0.1) is 0 Å². The molecule has 15 heavy (non-hydrogen) atoms. The minimum Gasteiger partial charge on any atom is -0.479 e. The van der Waals surface area contributed by atoms with Crippen LogP contribution in [0.4, 0.5) is 0 Å². The number of carboxylic acid groups (broad SMARTS) is 1. The largest absolute Gasteiger partial charge is 0.479 e. The Bertz CT molecular complexity index is 167. The van der Waals surface area contributed by atoms with Crippen LogP contribution in [0.5, 0.6) is 0 Å². The number of carbonyl (C=O) groups is 1. The lowest BCUT2D eigenvalue weighted by Crippen LogP contribution is -2.39. The van der Waals surface area contributed by atoms with Gasteiger partial charge in [0.1, 0.15) is 6.10 Å². The van der Waals surface area contributed by atoms with Crippen LogP contribution in [-0.2, 0) is 9.53 Å². The third kappa shape index (κ3) is 8.31. The minimum atomic E-state index is -1.23. The zero-order valence-electron chi connectivity index (χ0n) is 9.06. The number of ether oxygens (including phenoxy) is 1. The lowest BCUT2D eigenvalue weighted by molar-refractivity contribution is -0.145. The number of aliphatic carboxylic acids is 1. The van der Waals surface area contributed by atoms with E-state index in [-0.39, 0.29) is 0 Å². The van der Waals surface area contributed by atoms with E-state index >= 15 is 0 Å². The van der Waals surface area contributed by atoms with Gasteiger partial charge in [0.25, 0.3) is 0 Å². The maximum absolute atomic E-state index is 9.45. The molecule has 6 heteroatoms. The van der Waals surface area contributed by atoms with Gasteiger partial charge in [0.2, 0.25) is 0 Å². The summed E-state index contributed by atoms with van der Waals surface area (Å²) in [7, 11) is 0. The molecular weight excluding hydrogens is 200 g/mol. The third-order valence-corrected chi connectivity index (χ3v) is 1.91. The number of aliphatic hydroxyl groups excluding tert-OH is 1. The molecule has 0 aromatic heterocycles. The first-order chi connectivity index (χ1) is 7.07. The van der Waals surface area contributed by atoms with Gasteiger partial charge in [0, 0.05) is 26.2 Å². The number of morpholine rings is 1. The Morgan fingerprint density at radius 3 is 2.33 bits per heavy atom. The fourth-order valence-corrected chi connectivity index (χ4v) is 1.01. The molecule has 1 heterocycles. The minimum absolute atomic E-state index is 0.764. The van der Waals surface area contributed by atoms with Gasteiger partial charge in [-0.05, 0) is 6.92 Å². The fraction of sp³-hybridized carbons (Fsp3) is 0.889. The Morgan fingerprint density at radius 2 is 2.00 bits per heavy atom. The van der Waals surface area contributed by atoms with Gasteiger partial charge in [0.15, 0.2) is 0 Å². The predicted octanol–water partition coefficient (Wildman–Crippen LogP) is -1.27. The molecule has 0 spiro atoms. The molecular formula is C9H20N2O4. The smallest absolute Gasteiger partial charge is 0.332 e. The Morgan fingerprint density at radius 1 is 1.53 bits per heavy atom. The van der Waals surface area contributed by atoms with Gasteiger partial charge < -0.3 is 20.7 Å². The van der Waals surface area contributed by atoms with Crippen LogP contribution in [0, 0.1) is 0 Å². The second-order valence-electron chi connectivity index (χ2n) is 3.26. The van der Waals surface area contributed by atoms with Crippen LogP contribution < -0.4 is 5.73 Å². The summed E-state index contributed by atoms with van der Waals surface area (Å²) >= 11 is 0. The van der Waals surface area contributed by atoms with Crippen molar-refractivity contribution in [1.29, 1.82) is 0 Å². The number of aliphatic hydroxyl groups is 1. The second kappa shape index (κ2) is 8.60. The normalized spacial score (nSPS) is 18.9. The average Bonchev–Trinajstić information content (AvgIpc) is 2.20. The number of nitrogens with zero attached hydrogens (tertiary/aromatic N) is 1. The molecule has 0 aliphatic carbocycles. The van der Waals surface area contributed by atoms with Gasteiger partial charge in [-0.1, -0.05) is 0 Å². The van der Waals surface area contributed by atoms with Crippen LogP contribution in [-0.4, -0.2) is 66.6 Å². The van der Waals surface area contributed by atoms with Crippen LogP contribution in [0.2, 0.25) is 0 Å². The van der Waals surface area contributed by atoms with Crippen LogP contribution >= 0.6 is 0 Å². The maximum Gasteiger partial charge on any atom is 0.332 e. The van der Waals surface area contributed by atoms with Crippen molar-refractivity contribution in [2.24, 2.45) is 5.73 Å². The number of hydrogen-bond acceptors (Lipinski definition) is 5. The van der Waals surface area contributed by atoms with E-state index in [1.807, 2.05) is 0 Å². The maximum atomic E-state index is 9.45. The summed E-state index contributed by atoms with van der Waals surface area (Å²) in [4.78, 5) is 11.8. The molecule has 1 aliphatic rings. The van der Waals surface area contributed by atoms with E-state index in [2.05, 4.69) is 4.90 Å². The highest BCUT2D eigenvalue weighted by Gasteiger charge is 2.07. The van der Waals surface area contributed by atoms with Crippen molar-refractivity contribution in [2.45, 2.75) is 13.0 Å². The van der Waals surface area contributed by atoms with Crippen molar-refractivity contribution >= 4 is 5.97 Å². The zero-order valence-corrected chi connectivity index (χ0v) is 9.06. The van der Waals surface area contributed by atoms with Gasteiger partial charge in [-0.3, -0.25) is 4.90 Å². The SMILES string of the molecule is CC(O)C(=O)O.NCCN1CCOCC1. The van der Waals surface area contributed by atoms with Gasteiger partial charge in [-0.2, -0.15) is 0 Å². The quantitative estimate of drug-likeness (QED) is 0.549.